The predicted octanol–water partition coefficient (Wildman–Crippen LogP) is 4.02. The number of rotatable bonds is 8. The van der Waals surface area contributed by atoms with Gasteiger partial charge < -0.3 is 19.9 Å². The lowest BCUT2D eigenvalue weighted by atomic mass is 10.1. The molecule has 1 N–H and O–H groups in total. The fourth-order valence-electron chi connectivity index (χ4n) is 3.47. The Labute approximate surface area is 207 Å². The number of thioether (sulfide) groups is 1. The van der Waals surface area contributed by atoms with Crippen LogP contribution in [-0.4, -0.2) is 64.9 Å². The fraction of sp³-hybridized carbons (Fsp3) is 0.333. The number of piperazine rings is 1. The maximum atomic E-state index is 12.9. The molecule has 1 aliphatic rings. The van der Waals surface area contributed by atoms with E-state index in [2.05, 4.69) is 20.4 Å². The summed E-state index contributed by atoms with van der Waals surface area (Å²) in [6.45, 7) is 6.55. The molecule has 0 atom stereocenters. The Kier molecular flexibility index (Phi) is 8.02. The van der Waals surface area contributed by atoms with E-state index in [4.69, 9.17) is 4.74 Å². The van der Waals surface area contributed by atoms with Crippen LogP contribution in [0.2, 0.25) is 0 Å². The number of benzene rings is 2. The van der Waals surface area contributed by atoms with Crippen LogP contribution >= 0.6 is 23.1 Å². The first-order valence-corrected chi connectivity index (χ1v) is 12.9. The van der Waals surface area contributed by atoms with E-state index in [9.17, 15) is 9.59 Å². The molecule has 0 spiro atoms. The summed E-state index contributed by atoms with van der Waals surface area (Å²) in [5.41, 5.74) is 1.44. The molecule has 0 aliphatic carbocycles. The first kappa shape index (κ1) is 24.0. The van der Waals surface area contributed by atoms with Gasteiger partial charge in [0.2, 0.25) is 11.0 Å². The van der Waals surface area contributed by atoms with Crippen molar-refractivity contribution in [3.63, 3.8) is 0 Å². The lowest BCUT2D eigenvalue weighted by molar-refractivity contribution is -0.113. The molecule has 178 valence electrons. The number of para-hydroxylation sites is 1. The predicted molar refractivity (Wildman–Crippen MR) is 136 cm³/mol. The van der Waals surface area contributed by atoms with Crippen LogP contribution < -0.4 is 15.0 Å². The molecule has 1 fully saturated rings. The van der Waals surface area contributed by atoms with Gasteiger partial charge in [-0.3, -0.25) is 9.59 Å². The summed E-state index contributed by atoms with van der Waals surface area (Å²) in [6, 6.07) is 16.7. The van der Waals surface area contributed by atoms with Gasteiger partial charge in [-0.05, 0) is 50.2 Å². The second kappa shape index (κ2) is 11.3. The van der Waals surface area contributed by atoms with Crippen molar-refractivity contribution in [1.82, 2.24) is 15.1 Å². The molecule has 4 rings (SSSR count). The van der Waals surface area contributed by atoms with Crippen LogP contribution in [-0.2, 0) is 4.79 Å². The van der Waals surface area contributed by atoms with Gasteiger partial charge in [-0.25, -0.2) is 0 Å². The highest BCUT2D eigenvalue weighted by atomic mass is 32.2. The molecule has 1 saturated heterocycles. The maximum absolute atomic E-state index is 12.9. The van der Waals surface area contributed by atoms with Gasteiger partial charge in [0, 0.05) is 37.4 Å². The molecule has 8 nitrogen and oxygen atoms in total. The number of nitrogens with one attached hydrogen (secondary N) is 1. The Morgan fingerprint density at radius 3 is 2.41 bits per heavy atom. The van der Waals surface area contributed by atoms with Gasteiger partial charge in [0.25, 0.3) is 5.91 Å². The van der Waals surface area contributed by atoms with Crippen molar-refractivity contribution >= 4 is 45.7 Å². The number of hydrogen-bond acceptors (Lipinski definition) is 8. The Balaban J connectivity index is 1.24. The number of amides is 2. The molecule has 10 heteroatoms. The average Bonchev–Trinajstić information content (AvgIpc) is 3.32. The van der Waals surface area contributed by atoms with Crippen LogP contribution in [0.15, 0.2) is 58.9 Å². The first-order chi connectivity index (χ1) is 16.5. The quantitative estimate of drug-likeness (QED) is 0.470. The smallest absolute Gasteiger partial charge is 0.253 e. The van der Waals surface area contributed by atoms with Crippen LogP contribution in [0.25, 0.3) is 0 Å². The highest BCUT2D eigenvalue weighted by molar-refractivity contribution is 8.01. The van der Waals surface area contributed by atoms with Crippen molar-refractivity contribution < 1.29 is 14.3 Å². The number of hydrogen-bond donors (Lipinski definition) is 1. The van der Waals surface area contributed by atoms with E-state index in [-0.39, 0.29) is 23.7 Å². The number of anilines is 2. The van der Waals surface area contributed by atoms with Crippen molar-refractivity contribution in [2.45, 2.75) is 24.3 Å². The van der Waals surface area contributed by atoms with E-state index in [1.807, 2.05) is 73.3 Å². The van der Waals surface area contributed by atoms with Crippen LogP contribution in [0, 0.1) is 0 Å². The molecule has 1 aliphatic heterocycles. The summed E-state index contributed by atoms with van der Waals surface area (Å²) in [6.07, 6.45) is 0.0975. The highest BCUT2D eigenvalue weighted by Gasteiger charge is 2.24. The lowest BCUT2D eigenvalue weighted by Gasteiger charge is -2.34. The maximum Gasteiger partial charge on any atom is 0.253 e. The number of carbonyl (C=O) groups is 2. The SMILES string of the molecule is CC(C)Oc1ccc(C(=O)N2CCN(c3nnc(SCC(=O)Nc4ccccc4)s3)CC2)cc1. The van der Waals surface area contributed by atoms with Crippen LogP contribution in [0.3, 0.4) is 0 Å². The Morgan fingerprint density at radius 1 is 1.03 bits per heavy atom. The molecule has 0 unspecified atom stereocenters. The van der Waals surface area contributed by atoms with Crippen molar-refractivity contribution in [1.29, 1.82) is 0 Å². The second-order valence-corrected chi connectivity index (χ2v) is 10.2. The Hall–Kier alpha value is -3.11. The third-order valence-electron chi connectivity index (χ3n) is 5.09. The lowest BCUT2D eigenvalue weighted by Crippen LogP contribution is -2.48. The summed E-state index contributed by atoms with van der Waals surface area (Å²) in [7, 11) is 0. The van der Waals surface area contributed by atoms with Crippen molar-refractivity contribution in [2.24, 2.45) is 0 Å². The van der Waals surface area contributed by atoms with E-state index in [0.717, 1.165) is 20.9 Å². The molecular weight excluding hydrogens is 470 g/mol. The Bertz CT molecular complexity index is 1100. The molecule has 3 aromatic rings. The summed E-state index contributed by atoms with van der Waals surface area (Å²) >= 11 is 2.84. The molecule has 0 bridgehead atoms. The van der Waals surface area contributed by atoms with Gasteiger partial charge in [-0.1, -0.05) is 41.3 Å². The average molecular weight is 498 g/mol. The third kappa shape index (κ3) is 6.48. The van der Waals surface area contributed by atoms with E-state index in [1.165, 1.54) is 23.1 Å². The number of carbonyl (C=O) groups excluding carboxylic acids is 2. The second-order valence-electron chi connectivity index (χ2n) is 8.02. The van der Waals surface area contributed by atoms with Crippen molar-refractivity contribution in [2.75, 3.05) is 42.1 Å². The molecule has 0 saturated carbocycles. The van der Waals surface area contributed by atoms with E-state index in [0.29, 0.717) is 31.7 Å². The zero-order valence-electron chi connectivity index (χ0n) is 19.1. The van der Waals surface area contributed by atoms with Crippen molar-refractivity contribution in [3.8, 4) is 5.75 Å². The van der Waals surface area contributed by atoms with Crippen molar-refractivity contribution in [3.05, 3.63) is 60.2 Å². The molecule has 0 radical (unpaired) electrons. The minimum Gasteiger partial charge on any atom is -0.491 e. The van der Waals surface area contributed by atoms with Crippen LogP contribution in [0.4, 0.5) is 10.8 Å². The number of aromatic nitrogens is 2. The number of nitrogens with zero attached hydrogens (tertiary/aromatic N) is 4. The zero-order valence-corrected chi connectivity index (χ0v) is 20.8. The van der Waals surface area contributed by atoms with E-state index < -0.39 is 0 Å². The first-order valence-electron chi connectivity index (χ1n) is 11.1. The van der Waals surface area contributed by atoms with Gasteiger partial charge in [-0.15, -0.1) is 10.2 Å². The third-order valence-corrected chi connectivity index (χ3v) is 7.21. The summed E-state index contributed by atoms with van der Waals surface area (Å²) in [4.78, 5) is 29.0. The standard InChI is InChI=1S/C24H27N5O3S2/c1-17(2)32-20-10-8-18(9-11-20)22(31)28-12-14-29(15-13-28)23-26-27-24(34-23)33-16-21(30)25-19-6-4-3-5-7-19/h3-11,17H,12-16H2,1-2H3,(H,25,30). The molecule has 1 aromatic heterocycles. The minimum atomic E-state index is -0.0797. The van der Waals surface area contributed by atoms with Crippen LogP contribution in [0.5, 0.6) is 5.75 Å². The number of ether oxygens (including phenoxy) is 1. The molecule has 2 aromatic carbocycles. The summed E-state index contributed by atoms with van der Waals surface area (Å²) in [5, 5.41) is 12.2. The molecular formula is C24H27N5O3S2. The normalized spacial score (nSPS) is 13.7. The van der Waals surface area contributed by atoms with Gasteiger partial charge in [-0.2, -0.15) is 0 Å². The molecule has 2 amide bonds. The Morgan fingerprint density at radius 2 is 1.74 bits per heavy atom. The van der Waals surface area contributed by atoms with Gasteiger partial charge in [0.05, 0.1) is 11.9 Å². The minimum absolute atomic E-state index is 0.0219. The topological polar surface area (TPSA) is 87.7 Å². The molecule has 34 heavy (non-hydrogen) atoms. The van der Waals surface area contributed by atoms with Gasteiger partial charge in [0.1, 0.15) is 5.75 Å². The van der Waals surface area contributed by atoms with Gasteiger partial charge in [0.15, 0.2) is 4.34 Å². The van der Waals surface area contributed by atoms with Gasteiger partial charge >= 0.3 is 0 Å². The van der Waals surface area contributed by atoms with Crippen LogP contribution in [0.1, 0.15) is 24.2 Å². The van der Waals surface area contributed by atoms with E-state index >= 15 is 0 Å². The molecule has 2 heterocycles. The fourth-order valence-corrected chi connectivity index (χ4v) is 5.16. The van der Waals surface area contributed by atoms with E-state index in [1.54, 1.807) is 0 Å². The largest absolute Gasteiger partial charge is 0.491 e. The highest BCUT2D eigenvalue weighted by Crippen LogP contribution is 2.29. The monoisotopic (exact) mass is 497 g/mol. The summed E-state index contributed by atoms with van der Waals surface area (Å²) in [5.74, 6) is 0.976. The zero-order chi connectivity index (χ0) is 23.9. The summed E-state index contributed by atoms with van der Waals surface area (Å²) < 4.78 is 6.40.